The molecule has 1 aromatic carbocycles. The number of anilines is 1. The number of likely N-dealkylation sites (tertiary alicyclic amines) is 1. The van der Waals surface area contributed by atoms with E-state index in [1.54, 1.807) is 31.2 Å². The summed E-state index contributed by atoms with van der Waals surface area (Å²) in [6.45, 7) is 1.66. The maximum Gasteiger partial charge on any atom is 0.320 e. The normalized spacial score (nSPS) is 29.5. The van der Waals surface area contributed by atoms with Gasteiger partial charge in [-0.25, -0.2) is 4.79 Å². The molecule has 3 aliphatic carbocycles. The van der Waals surface area contributed by atoms with E-state index in [1.807, 2.05) is 0 Å². The van der Waals surface area contributed by atoms with Gasteiger partial charge >= 0.3 is 6.03 Å². The fraction of sp³-hybridized carbons (Fsp3) is 0.450. The number of ether oxygens (including phenoxy) is 1. The number of nitrogens with one attached hydrogen (secondary N) is 2. The number of hydrogen-bond acceptors (Lipinski definition) is 4. The van der Waals surface area contributed by atoms with Gasteiger partial charge < -0.3 is 15.4 Å². The highest BCUT2D eigenvalue weighted by atomic mass is 16.5. The molecule has 5 atom stereocenters. The van der Waals surface area contributed by atoms with Gasteiger partial charge in [0.25, 0.3) is 0 Å². The van der Waals surface area contributed by atoms with Gasteiger partial charge in [-0.05, 0) is 43.7 Å². The molecule has 0 spiro atoms. The molecule has 7 heteroatoms. The molecule has 1 aliphatic heterocycles. The summed E-state index contributed by atoms with van der Waals surface area (Å²) in [5, 5.41) is 5.40. The van der Waals surface area contributed by atoms with Crippen molar-refractivity contribution in [2.24, 2.45) is 23.7 Å². The standard InChI is InChI=1S/C20H23N3O4/c1-11(21-20(26)22-14-5-3-4-6-15(14)27-2)23-18(24)16-12-7-8-13(10-9-12)17(16)19(23)25/h3-8,11-13,16-17H,9-10H2,1-2H3,(H2,21,22,26)/t11-,12-,13-,16-,17+/m0/s1. The Hall–Kier alpha value is -2.83. The Labute approximate surface area is 157 Å². The molecule has 1 aromatic rings. The van der Waals surface area contributed by atoms with Crippen LogP contribution < -0.4 is 15.4 Å². The number of methoxy groups -OCH3 is 1. The molecular weight excluding hydrogens is 346 g/mol. The van der Waals surface area contributed by atoms with Crippen molar-refractivity contribution in [3.05, 3.63) is 36.4 Å². The van der Waals surface area contributed by atoms with Gasteiger partial charge in [0, 0.05) is 0 Å². The third-order valence-electron chi connectivity index (χ3n) is 5.88. The van der Waals surface area contributed by atoms with Crippen molar-refractivity contribution in [1.29, 1.82) is 0 Å². The van der Waals surface area contributed by atoms with Crippen molar-refractivity contribution in [3.8, 4) is 5.75 Å². The van der Waals surface area contributed by atoms with E-state index in [2.05, 4.69) is 22.8 Å². The molecule has 0 radical (unpaired) electrons. The zero-order valence-corrected chi connectivity index (χ0v) is 15.3. The SMILES string of the molecule is COc1ccccc1NC(=O)N[C@H](C)N1C(=O)[C@@H]2[C@H](C1=O)[C@H]1C=C[C@H]2CC1. The first kappa shape index (κ1) is 17.6. The van der Waals surface area contributed by atoms with Crippen LogP contribution in [0.1, 0.15) is 19.8 Å². The lowest BCUT2D eigenvalue weighted by atomic mass is 9.63. The summed E-state index contributed by atoms with van der Waals surface area (Å²) >= 11 is 0. The van der Waals surface area contributed by atoms with Crippen LogP contribution in [-0.2, 0) is 9.59 Å². The Morgan fingerprint density at radius 3 is 2.26 bits per heavy atom. The van der Waals surface area contributed by atoms with Crippen molar-refractivity contribution < 1.29 is 19.1 Å². The number of para-hydroxylation sites is 2. The van der Waals surface area contributed by atoms with E-state index in [1.165, 1.54) is 12.0 Å². The summed E-state index contributed by atoms with van der Waals surface area (Å²) in [5.74, 6) is -0.0942. The molecule has 4 aliphatic rings. The lowest BCUT2D eigenvalue weighted by Crippen LogP contribution is -2.50. The molecule has 1 saturated heterocycles. The number of amides is 4. The third-order valence-corrected chi connectivity index (χ3v) is 5.88. The second-order valence-electron chi connectivity index (χ2n) is 7.36. The molecule has 1 saturated carbocycles. The number of carbonyl (C=O) groups excluding carboxylic acids is 3. The first-order chi connectivity index (χ1) is 13.0. The molecule has 5 rings (SSSR count). The van der Waals surface area contributed by atoms with E-state index in [0.717, 1.165) is 12.8 Å². The van der Waals surface area contributed by atoms with Gasteiger partial charge in [0.2, 0.25) is 11.8 Å². The lowest BCUT2D eigenvalue weighted by molar-refractivity contribution is -0.142. The van der Waals surface area contributed by atoms with Gasteiger partial charge in [-0.3, -0.25) is 14.5 Å². The van der Waals surface area contributed by atoms with Crippen molar-refractivity contribution >= 4 is 23.5 Å². The van der Waals surface area contributed by atoms with Gasteiger partial charge in [0.05, 0.1) is 24.6 Å². The topological polar surface area (TPSA) is 87.7 Å². The van der Waals surface area contributed by atoms with E-state index < -0.39 is 12.2 Å². The number of benzene rings is 1. The number of fused-ring (bicyclic) bond motifs is 1. The number of rotatable bonds is 4. The zero-order chi connectivity index (χ0) is 19.1. The van der Waals surface area contributed by atoms with Crippen molar-refractivity contribution in [3.63, 3.8) is 0 Å². The van der Waals surface area contributed by atoms with Gasteiger partial charge in [-0.1, -0.05) is 24.3 Å². The minimum atomic E-state index is -0.718. The number of allylic oxidation sites excluding steroid dienone is 2. The highest BCUT2D eigenvalue weighted by molar-refractivity contribution is 6.06. The molecule has 1 heterocycles. The maximum absolute atomic E-state index is 12.9. The molecule has 2 fully saturated rings. The van der Waals surface area contributed by atoms with Crippen LogP contribution in [0.25, 0.3) is 0 Å². The second-order valence-corrected chi connectivity index (χ2v) is 7.36. The quantitative estimate of drug-likeness (QED) is 0.630. The average Bonchev–Trinajstić information content (AvgIpc) is 2.96. The number of urea groups is 1. The van der Waals surface area contributed by atoms with Crippen molar-refractivity contribution in [2.45, 2.75) is 25.9 Å². The van der Waals surface area contributed by atoms with Gasteiger partial charge in [-0.15, -0.1) is 0 Å². The van der Waals surface area contributed by atoms with Crippen LogP contribution in [0.3, 0.4) is 0 Å². The molecule has 0 aromatic heterocycles. The van der Waals surface area contributed by atoms with E-state index in [0.29, 0.717) is 11.4 Å². The van der Waals surface area contributed by atoms with E-state index in [4.69, 9.17) is 4.74 Å². The molecule has 0 unspecified atom stereocenters. The summed E-state index contributed by atoms with van der Waals surface area (Å²) in [7, 11) is 1.52. The van der Waals surface area contributed by atoms with E-state index in [9.17, 15) is 14.4 Å². The summed E-state index contributed by atoms with van der Waals surface area (Å²) in [6.07, 6.45) is 5.34. The van der Waals surface area contributed by atoms with Crippen LogP contribution in [0.2, 0.25) is 0 Å². The third kappa shape index (κ3) is 2.87. The molecule has 142 valence electrons. The molecule has 27 heavy (non-hydrogen) atoms. The Morgan fingerprint density at radius 2 is 1.70 bits per heavy atom. The van der Waals surface area contributed by atoms with Crippen LogP contribution >= 0.6 is 0 Å². The minimum Gasteiger partial charge on any atom is -0.495 e. The summed E-state index contributed by atoms with van der Waals surface area (Å²) in [4.78, 5) is 39.4. The largest absolute Gasteiger partial charge is 0.495 e. The molecule has 4 amide bonds. The molecule has 2 N–H and O–H groups in total. The Bertz CT molecular complexity index is 789. The first-order valence-corrected chi connectivity index (χ1v) is 9.27. The number of carbonyl (C=O) groups is 3. The van der Waals surface area contributed by atoms with Crippen LogP contribution in [0.15, 0.2) is 36.4 Å². The molecule has 7 nitrogen and oxygen atoms in total. The Kier molecular flexibility index (Phi) is 4.37. The van der Waals surface area contributed by atoms with Crippen LogP contribution in [0.5, 0.6) is 5.75 Å². The van der Waals surface area contributed by atoms with Gasteiger partial charge in [-0.2, -0.15) is 0 Å². The molecular formula is C20H23N3O4. The molecule has 2 bridgehead atoms. The summed E-state index contributed by atoms with van der Waals surface area (Å²) in [5.41, 5.74) is 0.514. The minimum absolute atomic E-state index is 0.135. The number of hydrogen-bond donors (Lipinski definition) is 2. The van der Waals surface area contributed by atoms with Crippen molar-refractivity contribution in [1.82, 2.24) is 10.2 Å². The number of nitrogens with zero attached hydrogens (tertiary/aromatic N) is 1. The zero-order valence-electron chi connectivity index (χ0n) is 15.3. The Morgan fingerprint density at radius 1 is 1.11 bits per heavy atom. The predicted octanol–water partition coefficient (Wildman–Crippen LogP) is 2.36. The van der Waals surface area contributed by atoms with Crippen LogP contribution in [-0.4, -0.2) is 36.0 Å². The monoisotopic (exact) mass is 369 g/mol. The lowest BCUT2D eigenvalue weighted by Gasteiger charge is -2.38. The summed E-state index contributed by atoms with van der Waals surface area (Å²) in [6, 6.07) is 6.54. The average molecular weight is 369 g/mol. The fourth-order valence-electron chi connectivity index (χ4n) is 4.64. The first-order valence-electron chi connectivity index (χ1n) is 9.27. The van der Waals surface area contributed by atoms with E-state index >= 15 is 0 Å². The predicted molar refractivity (Wildman–Crippen MR) is 98.8 cm³/mol. The van der Waals surface area contributed by atoms with E-state index in [-0.39, 0.29) is 35.5 Å². The van der Waals surface area contributed by atoms with Gasteiger partial charge in [0.15, 0.2) is 0 Å². The fourth-order valence-corrected chi connectivity index (χ4v) is 4.64. The highest BCUT2D eigenvalue weighted by Gasteiger charge is 2.57. The summed E-state index contributed by atoms with van der Waals surface area (Å²) < 4.78 is 5.21. The van der Waals surface area contributed by atoms with Gasteiger partial charge in [0.1, 0.15) is 11.9 Å². The maximum atomic E-state index is 12.9. The van der Waals surface area contributed by atoms with Crippen LogP contribution in [0.4, 0.5) is 10.5 Å². The van der Waals surface area contributed by atoms with Crippen LogP contribution in [0, 0.1) is 23.7 Å². The highest BCUT2D eigenvalue weighted by Crippen LogP contribution is 2.49. The second kappa shape index (κ2) is 6.72. The Balaban J connectivity index is 1.45. The number of imide groups is 1. The van der Waals surface area contributed by atoms with Crippen molar-refractivity contribution in [2.75, 3.05) is 12.4 Å². The smallest absolute Gasteiger partial charge is 0.320 e.